The zero-order chi connectivity index (χ0) is 20.3. The number of carboxylic acids is 1. The molecule has 0 atom stereocenters. The molecule has 0 aliphatic carbocycles. The van der Waals surface area contributed by atoms with E-state index in [1.807, 2.05) is 12.1 Å². The first-order chi connectivity index (χ1) is 13.5. The van der Waals surface area contributed by atoms with Crippen molar-refractivity contribution in [1.29, 1.82) is 0 Å². The predicted molar refractivity (Wildman–Crippen MR) is 105 cm³/mol. The van der Waals surface area contributed by atoms with Crippen LogP contribution in [-0.2, 0) is 9.53 Å². The first-order valence-corrected chi connectivity index (χ1v) is 9.01. The van der Waals surface area contributed by atoms with Gasteiger partial charge < -0.3 is 19.4 Å². The Morgan fingerprint density at radius 1 is 1.25 bits per heavy atom. The van der Waals surface area contributed by atoms with E-state index < -0.39 is 11.9 Å². The number of phenols is 1. The largest absolute Gasteiger partial charge is 0.507 e. The molecule has 3 aromatic rings. The van der Waals surface area contributed by atoms with Crippen molar-refractivity contribution < 1.29 is 29.0 Å². The predicted octanol–water partition coefficient (Wildman–Crippen LogP) is 4.06. The van der Waals surface area contributed by atoms with E-state index in [0.29, 0.717) is 39.5 Å². The second-order valence-corrected chi connectivity index (χ2v) is 6.30. The van der Waals surface area contributed by atoms with E-state index >= 15 is 0 Å². The molecular formula is C21H21NO6. The van der Waals surface area contributed by atoms with E-state index in [4.69, 9.17) is 14.3 Å². The third-order valence-electron chi connectivity index (χ3n) is 4.41. The molecule has 0 bridgehead atoms. The number of nitrogens with zero attached hydrogens (tertiary/aromatic N) is 1. The van der Waals surface area contributed by atoms with Gasteiger partial charge in [-0.25, -0.2) is 4.79 Å². The lowest BCUT2D eigenvalue weighted by Gasteiger charge is -2.08. The summed E-state index contributed by atoms with van der Waals surface area (Å²) in [5, 5.41) is 21.3. The van der Waals surface area contributed by atoms with Crippen LogP contribution in [0.5, 0.6) is 5.75 Å². The number of phenolic OH excluding ortho intramolecular Hbond substituents is 1. The average molecular weight is 383 g/mol. The molecule has 7 heteroatoms. The quantitative estimate of drug-likeness (QED) is 0.362. The van der Waals surface area contributed by atoms with Crippen molar-refractivity contribution in [2.24, 2.45) is 4.99 Å². The third kappa shape index (κ3) is 3.55. The first kappa shape index (κ1) is 19.4. The van der Waals surface area contributed by atoms with Crippen LogP contribution in [0.1, 0.15) is 41.4 Å². The molecule has 0 saturated carbocycles. The monoisotopic (exact) mass is 383 g/mol. The van der Waals surface area contributed by atoms with Crippen LogP contribution in [0.15, 0.2) is 33.7 Å². The summed E-state index contributed by atoms with van der Waals surface area (Å²) >= 11 is 0. The minimum Gasteiger partial charge on any atom is -0.507 e. The van der Waals surface area contributed by atoms with Gasteiger partial charge in [-0.2, -0.15) is 0 Å². The Morgan fingerprint density at radius 3 is 2.64 bits per heavy atom. The molecule has 7 nitrogen and oxygen atoms in total. The number of carbonyl (C=O) groups is 2. The van der Waals surface area contributed by atoms with Gasteiger partial charge in [-0.1, -0.05) is 24.3 Å². The van der Waals surface area contributed by atoms with Crippen molar-refractivity contribution in [3.8, 4) is 5.75 Å². The topological polar surface area (TPSA) is 109 Å². The molecular weight excluding hydrogens is 362 g/mol. The SMILES string of the molecule is CCOC(=O)c1c(C)oc2c1c(C=NCCCC(=O)O)c(O)c1ccccc12. The molecule has 2 aromatic carbocycles. The van der Waals surface area contributed by atoms with Crippen molar-refractivity contribution in [1.82, 2.24) is 0 Å². The van der Waals surface area contributed by atoms with Crippen molar-refractivity contribution >= 4 is 39.9 Å². The number of hydrogen-bond donors (Lipinski definition) is 2. The van der Waals surface area contributed by atoms with Crippen LogP contribution < -0.4 is 0 Å². The van der Waals surface area contributed by atoms with Crippen molar-refractivity contribution in [2.75, 3.05) is 13.2 Å². The summed E-state index contributed by atoms with van der Waals surface area (Å²) in [6.45, 7) is 3.88. The second kappa shape index (κ2) is 8.12. The van der Waals surface area contributed by atoms with Crippen LogP contribution in [0.4, 0.5) is 0 Å². The van der Waals surface area contributed by atoms with Gasteiger partial charge >= 0.3 is 11.9 Å². The fraction of sp³-hybridized carbons (Fsp3) is 0.286. The minimum atomic E-state index is -0.888. The van der Waals surface area contributed by atoms with E-state index in [1.54, 1.807) is 26.0 Å². The lowest BCUT2D eigenvalue weighted by molar-refractivity contribution is -0.137. The maximum absolute atomic E-state index is 12.5. The highest BCUT2D eigenvalue weighted by Gasteiger charge is 2.25. The summed E-state index contributed by atoms with van der Waals surface area (Å²) in [6.07, 6.45) is 1.84. The van der Waals surface area contributed by atoms with Gasteiger partial charge in [0.05, 0.1) is 6.61 Å². The molecule has 28 heavy (non-hydrogen) atoms. The molecule has 1 aromatic heterocycles. The lowest BCUT2D eigenvalue weighted by atomic mass is 9.98. The minimum absolute atomic E-state index is 0.00927. The zero-order valence-corrected chi connectivity index (χ0v) is 15.7. The van der Waals surface area contributed by atoms with Gasteiger partial charge in [0.15, 0.2) is 0 Å². The van der Waals surface area contributed by atoms with E-state index in [2.05, 4.69) is 4.99 Å². The molecule has 0 radical (unpaired) electrons. The van der Waals surface area contributed by atoms with Gasteiger partial charge in [0, 0.05) is 40.9 Å². The summed E-state index contributed by atoms with van der Waals surface area (Å²) in [5.41, 5.74) is 1.08. The maximum Gasteiger partial charge on any atom is 0.342 e. The van der Waals surface area contributed by atoms with Crippen LogP contribution in [0.3, 0.4) is 0 Å². The van der Waals surface area contributed by atoms with E-state index in [9.17, 15) is 14.7 Å². The fourth-order valence-corrected chi connectivity index (χ4v) is 3.19. The van der Waals surface area contributed by atoms with E-state index in [1.165, 1.54) is 6.21 Å². The Morgan fingerprint density at radius 2 is 1.96 bits per heavy atom. The number of carbonyl (C=O) groups excluding carboxylic acids is 1. The normalized spacial score (nSPS) is 11.5. The number of hydrogen-bond acceptors (Lipinski definition) is 6. The van der Waals surface area contributed by atoms with Crippen LogP contribution in [0.2, 0.25) is 0 Å². The van der Waals surface area contributed by atoms with Gasteiger partial charge in [-0.05, 0) is 20.3 Å². The van der Waals surface area contributed by atoms with E-state index in [-0.39, 0.29) is 30.9 Å². The van der Waals surface area contributed by atoms with Gasteiger partial charge in [0.2, 0.25) is 0 Å². The highest BCUT2D eigenvalue weighted by molar-refractivity contribution is 6.21. The zero-order valence-electron chi connectivity index (χ0n) is 15.7. The molecule has 2 N–H and O–H groups in total. The maximum atomic E-state index is 12.5. The number of fused-ring (bicyclic) bond motifs is 3. The Hall–Kier alpha value is -3.35. The molecule has 0 unspecified atom stereocenters. The molecule has 1 heterocycles. The number of aliphatic imine (C=N–C) groups is 1. The van der Waals surface area contributed by atoms with Crippen LogP contribution in [0.25, 0.3) is 21.7 Å². The number of benzene rings is 2. The van der Waals surface area contributed by atoms with Gasteiger partial charge in [0.1, 0.15) is 22.7 Å². The summed E-state index contributed by atoms with van der Waals surface area (Å²) in [7, 11) is 0. The Labute approximate surface area is 161 Å². The van der Waals surface area contributed by atoms with Gasteiger partial charge in [-0.15, -0.1) is 0 Å². The molecule has 146 valence electrons. The number of esters is 1. The molecule has 0 saturated heterocycles. The molecule has 3 rings (SSSR count). The highest BCUT2D eigenvalue weighted by atomic mass is 16.5. The molecule has 0 spiro atoms. The van der Waals surface area contributed by atoms with Crippen LogP contribution >= 0.6 is 0 Å². The second-order valence-electron chi connectivity index (χ2n) is 6.30. The van der Waals surface area contributed by atoms with Crippen LogP contribution in [-0.4, -0.2) is 41.5 Å². The number of carboxylic acid groups (broad SMARTS) is 1. The first-order valence-electron chi connectivity index (χ1n) is 9.01. The Balaban J connectivity index is 2.20. The summed E-state index contributed by atoms with van der Waals surface area (Å²) in [4.78, 5) is 27.4. The number of rotatable bonds is 7. The number of aliphatic carboxylic acids is 1. The van der Waals surface area contributed by atoms with Gasteiger partial charge in [-0.3, -0.25) is 9.79 Å². The van der Waals surface area contributed by atoms with Crippen molar-refractivity contribution in [2.45, 2.75) is 26.7 Å². The standard InChI is InChI=1S/C21H21NO6/c1-3-27-21(26)17-12(2)28-20-14-8-5-4-7-13(14)19(25)15(18(17)20)11-22-10-6-9-16(23)24/h4-5,7-8,11,25H,3,6,9-10H2,1-2H3,(H,23,24). The summed E-state index contributed by atoms with van der Waals surface area (Å²) in [6, 6.07) is 7.18. The third-order valence-corrected chi connectivity index (χ3v) is 4.41. The van der Waals surface area contributed by atoms with Gasteiger partial charge in [0.25, 0.3) is 0 Å². The summed E-state index contributed by atoms with van der Waals surface area (Å²) < 4.78 is 11.0. The lowest BCUT2D eigenvalue weighted by Crippen LogP contribution is -2.06. The van der Waals surface area contributed by atoms with E-state index in [0.717, 1.165) is 0 Å². The molecule has 0 aliphatic rings. The number of furan rings is 1. The smallest absolute Gasteiger partial charge is 0.342 e. The Kier molecular flexibility index (Phi) is 5.63. The average Bonchev–Trinajstić information content (AvgIpc) is 3.01. The number of ether oxygens (including phenoxy) is 1. The highest BCUT2D eigenvalue weighted by Crippen LogP contribution is 2.40. The van der Waals surface area contributed by atoms with Crippen LogP contribution in [0, 0.1) is 6.92 Å². The number of aromatic hydroxyl groups is 1. The number of aryl methyl sites for hydroxylation is 1. The molecule has 0 amide bonds. The van der Waals surface area contributed by atoms with Crippen molar-refractivity contribution in [3.63, 3.8) is 0 Å². The molecule has 0 fully saturated rings. The Bertz CT molecular complexity index is 1080. The summed E-state index contributed by atoms with van der Waals surface area (Å²) in [5.74, 6) is -1.05. The fourth-order valence-electron chi connectivity index (χ4n) is 3.19. The molecule has 0 aliphatic heterocycles. The van der Waals surface area contributed by atoms with Crippen molar-refractivity contribution in [3.05, 3.63) is 41.2 Å².